The molecule has 0 bridgehead atoms. The Morgan fingerprint density at radius 1 is 0.821 bits per heavy atom. The summed E-state index contributed by atoms with van der Waals surface area (Å²) >= 11 is 0. The van der Waals surface area contributed by atoms with E-state index in [0.29, 0.717) is 17.2 Å². The standard InChI is InChI=1S/C26H36O2/c1-4-6-7-8-9-10-11-22-12-16-24(17-13-22)26(27)28-25-18-14-23(15-19-25)20-21(3)5-2/h12-19,21H,4-11,20H2,1-3H3/t21-/m0/s1. The molecule has 0 unspecified atom stereocenters. The molecule has 0 heterocycles. The van der Waals surface area contributed by atoms with Gasteiger partial charge in [0, 0.05) is 0 Å². The van der Waals surface area contributed by atoms with Gasteiger partial charge in [0.15, 0.2) is 0 Å². The second-order valence-corrected chi connectivity index (χ2v) is 7.97. The van der Waals surface area contributed by atoms with Crippen molar-refractivity contribution in [1.82, 2.24) is 0 Å². The zero-order valence-electron chi connectivity index (χ0n) is 17.9. The van der Waals surface area contributed by atoms with Crippen molar-refractivity contribution in [2.75, 3.05) is 0 Å². The highest BCUT2D eigenvalue weighted by atomic mass is 16.5. The molecule has 0 aliphatic heterocycles. The van der Waals surface area contributed by atoms with Gasteiger partial charge in [-0.05, 0) is 60.6 Å². The van der Waals surface area contributed by atoms with E-state index in [1.54, 1.807) is 0 Å². The van der Waals surface area contributed by atoms with E-state index in [9.17, 15) is 4.79 Å². The summed E-state index contributed by atoms with van der Waals surface area (Å²) < 4.78 is 5.52. The Morgan fingerprint density at radius 2 is 1.43 bits per heavy atom. The topological polar surface area (TPSA) is 26.3 Å². The average Bonchev–Trinajstić information content (AvgIpc) is 2.72. The first-order chi connectivity index (χ1) is 13.6. The van der Waals surface area contributed by atoms with Crippen LogP contribution in [-0.2, 0) is 12.8 Å². The largest absolute Gasteiger partial charge is 0.423 e. The van der Waals surface area contributed by atoms with E-state index in [-0.39, 0.29) is 5.97 Å². The van der Waals surface area contributed by atoms with Gasteiger partial charge in [0.25, 0.3) is 0 Å². The van der Waals surface area contributed by atoms with Crippen LogP contribution in [0.4, 0.5) is 0 Å². The number of carbonyl (C=O) groups is 1. The normalized spacial score (nSPS) is 12.0. The lowest BCUT2D eigenvalue weighted by atomic mass is 9.99. The van der Waals surface area contributed by atoms with Gasteiger partial charge >= 0.3 is 5.97 Å². The highest BCUT2D eigenvalue weighted by Crippen LogP contribution is 2.18. The maximum atomic E-state index is 12.4. The lowest BCUT2D eigenvalue weighted by Crippen LogP contribution is -2.08. The predicted molar refractivity (Wildman–Crippen MR) is 118 cm³/mol. The molecule has 0 saturated carbocycles. The summed E-state index contributed by atoms with van der Waals surface area (Å²) in [6, 6.07) is 15.8. The summed E-state index contributed by atoms with van der Waals surface area (Å²) in [5, 5.41) is 0. The smallest absolute Gasteiger partial charge is 0.343 e. The van der Waals surface area contributed by atoms with Crippen LogP contribution in [0, 0.1) is 5.92 Å². The monoisotopic (exact) mass is 380 g/mol. The van der Waals surface area contributed by atoms with Crippen LogP contribution in [-0.4, -0.2) is 5.97 Å². The van der Waals surface area contributed by atoms with Crippen molar-refractivity contribution in [3.05, 3.63) is 65.2 Å². The third-order valence-corrected chi connectivity index (χ3v) is 5.42. The second-order valence-electron chi connectivity index (χ2n) is 7.97. The fraction of sp³-hybridized carbons (Fsp3) is 0.500. The number of benzene rings is 2. The third-order valence-electron chi connectivity index (χ3n) is 5.42. The van der Waals surface area contributed by atoms with Crippen molar-refractivity contribution < 1.29 is 9.53 Å². The first-order valence-corrected chi connectivity index (χ1v) is 11.0. The molecule has 2 heteroatoms. The van der Waals surface area contributed by atoms with E-state index < -0.39 is 0 Å². The van der Waals surface area contributed by atoms with Crippen molar-refractivity contribution in [1.29, 1.82) is 0 Å². The number of hydrogen-bond acceptors (Lipinski definition) is 2. The molecular formula is C26H36O2. The van der Waals surface area contributed by atoms with Crippen LogP contribution in [0.25, 0.3) is 0 Å². The highest BCUT2D eigenvalue weighted by molar-refractivity contribution is 5.91. The van der Waals surface area contributed by atoms with Crippen LogP contribution in [0.3, 0.4) is 0 Å². The molecule has 0 fully saturated rings. The molecule has 1 atom stereocenters. The quantitative estimate of drug-likeness (QED) is 0.218. The molecule has 2 rings (SSSR count). The number of esters is 1. The minimum Gasteiger partial charge on any atom is -0.423 e. The first kappa shape index (κ1) is 22.2. The zero-order chi connectivity index (χ0) is 20.2. The highest BCUT2D eigenvalue weighted by Gasteiger charge is 2.09. The maximum absolute atomic E-state index is 12.4. The Kier molecular flexibility index (Phi) is 9.82. The zero-order valence-corrected chi connectivity index (χ0v) is 17.9. The Bertz CT molecular complexity index is 685. The maximum Gasteiger partial charge on any atom is 0.343 e. The van der Waals surface area contributed by atoms with Gasteiger partial charge in [-0.15, -0.1) is 0 Å². The molecule has 0 aliphatic rings. The summed E-state index contributed by atoms with van der Waals surface area (Å²) in [6.45, 7) is 6.71. The van der Waals surface area contributed by atoms with Crippen LogP contribution in [0.5, 0.6) is 5.75 Å². The third kappa shape index (κ3) is 7.88. The van der Waals surface area contributed by atoms with Crippen LogP contribution in [0.1, 0.15) is 87.2 Å². The first-order valence-electron chi connectivity index (χ1n) is 11.0. The lowest BCUT2D eigenvalue weighted by molar-refractivity contribution is 0.0734. The molecule has 2 nitrogen and oxygen atoms in total. The van der Waals surface area contributed by atoms with Crippen LogP contribution in [0.2, 0.25) is 0 Å². The lowest BCUT2D eigenvalue weighted by Gasteiger charge is -2.09. The van der Waals surface area contributed by atoms with Gasteiger partial charge in [-0.2, -0.15) is 0 Å². The van der Waals surface area contributed by atoms with E-state index in [1.807, 2.05) is 24.3 Å². The Balaban J connectivity index is 1.79. The Morgan fingerprint density at radius 3 is 2.07 bits per heavy atom. The molecule has 152 valence electrons. The van der Waals surface area contributed by atoms with Crippen molar-refractivity contribution in [2.45, 2.75) is 78.6 Å². The molecule has 0 N–H and O–H groups in total. The summed E-state index contributed by atoms with van der Waals surface area (Å²) in [7, 11) is 0. The molecule has 0 aliphatic carbocycles. The van der Waals surface area contributed by atoms with Crippen LogP contribution >= 0.6 is 0 Å². The molecule has 0 spiro atoms. The van der Waals surface area contributed by atoms with E-state index >= 15 is 0 Å². The number of ether oxygens (including phenoxy) is 1. The number of aryl methyl sites for hydroxylation is 1. The van der Waals surface area contributed by atoms with Gasteiger partial charge in [0.05, 0.1) is 5.56 Å². The SMILES string of the molecule is CCCCCCCCc1ccc(C(=O)Oc2ccc(C[C@@H](C)CC)cc2)cc1. The molecule has 2 aromatic rings. The number of rotatable bonds is 12. The van der Waals surface area contributed by atoms with Crippen molar-refractivity contribution in [3.63, 3.8) is 0 Å². The van der Waals surface area contributed by atoms with E-state index in [2.05, 4.69) is 45.0 Å². The molecular weight excluding hydrogens is 344 g/mol. The molecule has 0 saturated heterocycles. The summed E-state index contributed by atoms with van der Waals surface area (Å²) in [4.78, 5) is 12.4. The van der Waals surface area contributed by atoms with Gasteiger partial charge in [-0.3, -0.25) is 0 Å². The molecule has 0 aromatic heterocycles. The average molecular weight is 381 g/mol. The second kappa shape index (κ2) is 12.4. The van der Waals surface area contributed by atoms with Crippen molar-refractivity contribution >= 4 is 5.97 Å². The molecule has 28 heavy (non-hydrogen) atoms. The summed E-state index contributed by atoms with van der Waals surface area (Å²) in [5.74, 6) is 0.984. The Labute approximate surface area is 171 Å². The van der Waals surface area contributed by atoms with Crippen molar-refractivity contribution in [2.24, 2.45) is 5.92 Å². The van der Waals surface area contributed by atoms with Gasteiger partial charge in [-0.25, -0.2) is 4.79 Å². The number of hydrogen-bond donors (Lipinski definition) is 0. The van der Waals surface area contributed by atoms with Gasteiger partial charge in [0.1, 0.15) is 5.75 Å². The summed E-state index contributed by atoms with van der Waals surface area (Å²) in [5.41, 5.74) is 3.19. The minimum absolute atomic E-state index is 0.291. The Hall–Kier alpha value is -2.09. The van der Waals surface area contributed by atoms with E-state index in [0.717, 1.165) is 12.8 Å². The minimum atomic E-state index is -0.291. The van der Waals surface area contributed by atoms with Gasteiger partial charge < -0.3 is 4.74 Å². The van der Waals surface area contributed by atoms with Gasteiger partial charge in [-0.1, -0.05) is 83.6 Å². The molecule has 0 radical (unpaired) electrons. The molecule has 2 aromatic carbocycles. The van der Waals surface area contributed by atoms with E-state index in [1.165, 1.54) is 56.1 Å². The predicted octanol–water partition coefficient (Wildman–Crippen LogP) is 7.40. The fourth-order valence-electron chi connectivity index (χ4n) is 3.32. The van der Waals surface area contributed by atoms with E-state index in [4.69, 9.17) is 4.74 Å². The van der Waals surface area contributed by atoms with Crippen LogP contribution < -0.4 is 4.74 Å². The number of unbranched alkanes of at least 4 members (excludes halogenated alkanes) is 5. The van der Waals surface area contributed by atoms with Gasteiger partial charge in [0.2, 0.25) is 0 Å². The summed E-state index contributed by atoms with van der Waals surface area (Å²) in [6.07, 6.45) is 11.1. The molecule has 0 amide bonds. The van der Waals surface area contributed by atoms with Crippen LogP contribution in [0.15, 0.2) is 48.5 Å². The fourth-order valence-corrected chi connectivity index (χ4v) is 3.32. The van der Waals surface area contributed by atoms with Crippen molar-refractivity contribution in [3.8, 4) is 5.75 Å². The number of carbonyl (C=O) groups excluding carboxylic acids is 1.